The number of aryl methyl sites for hydroxylation is 1. The van der Waals surface area contributed by atoms with Gasteiger partial charge in [0.15, 0.2) is 11.5 Å². The van der Waals surface area contributed by atoms with Gasteiger partial charge in [-0.15, -0.1) is 0 Å². The van der Waals surface area contributed by atoms with Gasteiger partial charge < -0.3 is 14.4 Å². The summed E-state index contributed by atoms with van der Waals surface area (Å²) < 4.78 is 10.5. The van der Waals surface area contributed by atoms with E-state index < -0.39 is 0 Å². The average Bonchev–Trinajstić information content (AvgIpc) is 2.68. The average molecular weight is 388 g/mol. The molecule has 0 aliphatic carbocycles. The molecule has 1 N–H and O–H groups in total. The number of methoxy groups -OCH3 is 2. The number of hydrogen-bond acceptors (Lipinski definition) is 5. The minimum atomic E-state index is -0.172. The van der Waals surface area contributed by atoms with Gasteiger partial charge in [-0.1, -0.05) is 29.8 Å². The number of halogens is 1. The molecule has 2 aromatic rings. The quantitative estimate of drug-likeness (QED) is 0.610. The van der Waals surface area contributed by atoms with Crippen molar-refractivity contribution in [3.63, 3.8) is 0 Å². The Morgan fingerprint density at radius 1 is 1.30 bits per heavy atom. The highest BCUT2D eigenvalue weighted by Gasteiger charge is 2.18. The Morgan fingerprint density at radius 2 is 2.11 bits per heavy atom. The first-order valence-electron chi connectivity index (χ1n) is 8.68. The number of benzene rings is 2. The predicted molar refractivity (Wildman–Crippen MR) is 107 cm³/mol. The van der Waals surface area contributed by atoms with Gasteiger partial charge in [-0.25, -0.2) is 5.43 Å². The van der Waals surface area contributed by atoms with E-state index >= 15 is 0 Å². The number of para-hydroxylation sites is 1. The molecule has 3 rings (SSSR count). The zero-order valence-corrected chi connectivity index (χ0v) is 16.1. The van der Waals surface area contributed by atoms with Crippen LogP contribution in [0.2, 0.25) is 5.02 Å². The van der Waals surface area contributed by atoms with Gasteiger partial charge >= 0.3 is 0 Å². The molecule has 1 heterocycles. The molecule has 0 unspecified atom stereocenters. The van der Waals surface area contributed by atoms with E-state index in [1.165, 1.54) is 26.0 Å². The minimum Gasteiger partial charge on any atom is -0.493 e. The van der Waals surface area contributed by atoms with Gasteiger partial charge in [0, 0.05) is 12.2 Å². The van der Waals surface area contributed by atoms with Gasteiger partial charge in [-0.2, -0.15) is 5.10 Å². The van der Waals surface area contributed by atoms with Crippen LogP contribution in [0.4, 0.5) is 5.69 Å². The zero-order chi connectivity index (χ0) is 19.2. The summed E-state index contributed by atoms with van der Waals surface area (Å²) in [6.07, 6.45) is 3.61. The van der Waals surface area contributed by atoms with Gasteiger partial charge in [0.25, 0.3) is 5.91 Å². The third kappa shape index (κ3) is 4.52. The van der Waals surface area contributed by atoms with E-state index in [1.807, 2.05) is 12.1 Å². The lowest BCUT2D eigenvalue weighted by Gasteiger charge is -2.30. The third-order valence-corrected chi connectivity index (χ3v) is 4.68. The molecule has 0 spiro atoms. The highest BCUT2D eigenvalue weighted by atomic mass is 35.5. The maximum Gasteiger partial charge on any atom is 0.259 e. The molecule has 1 amide bonds. The van der Waals surface area contributed by atoms with Crippen LogP contribution in [0, 0.1) is 0 Å². The van der Waals surface area contributed by atoms with Gasteiger partial charge in [-0.3, -0.25) is 4.79 Å². The number of carbonyl (C=O) groups excluding carboxylic acids is 1. The van der Waals surface area contributed by atoms with Crippen molar-refractivity contribution >= 4 is 29.4 Å². The topological polar surface area (TPSA) is 63.2 Å². The maximum absolute atomic E-state index is 12.3. The molecule has 0 fully saturated rings. The van der Waals surface area contributed by atoms with E-state index in [-0.39, 0.29) is 12.5 Å². The predicted octanol–water partition coefficient (Wildman–Crippen LogP) is 3.26. The van der Waals surface area contributed by atoms with Crippen LogP contribution >= 0.6 is 11.6 Å². The number of nitrogens with one attached hydrogen (secondary N) is 1. The van der Waals surface area contributed by atoms with Crippen LogP contribution < -0.4 is 19.8 Å². The van der Waals surface area contributed by atoms with Crippen LogP contribution in [0.25, 0.3) is 0 Å². The van der Waals surface area contributed by atoms with E-state index in [0.717, 1.165) is 25.1 Å². The molecule has 142 valence electrons. The summed E-state index contributed by atoms with van der Waals surface area (Å²) >= 11 is 6.17. The van der Waals surface area contributed by atoms with Crippen molar-refractivity contribution in [3.05, 3.63) is 52.5 Å². The molecule has 0 bridgehead atoms. The van der Waals surface area contributed by atoms with E-state index in [9.17, 15) is 4.79 Å². The Kier molecular flexibility index (Phi) is 6.19. The van der Waals surface area contributed by atoms with Crippen molar-refractivity contribution < 1.29 is 14.3 Å². The number of anilines is 1. The van der Waals surface area contributed by atoms with Gasteiger partial charge in [0.2, 0.25) is 0 Å². The number of nitrogens with zero attached hydrogens (tertiary/aromatic N) is 2. The van der Waals surface area contributed by atoms with Crippen LogP contribution in [-0.4, -0.2) is 39.4 Å². The van der Waals surface area contributed by atoms with Crippen molar-refractivity contribution in [3.8, 4) is 11.5 Å². The van der Waals surface area contributed by atoms with Crippen LogP contribution in [0.5, 0.6) is 11.5 Å². The molecule has 0 saturated heterocycles. The summed E-state index contributed by atoms with van der Waals surface area (Å²) in [7, 11) is 3.06. The molecular formula is C20H22ClN3O3. The standard InChI is InChI=1S/C20H22ClN3O3/c1-26-18-11-14(10-16(21)20(18)27-2)12-22-23-19(25)13-24-9-5-7-15-6-3-4-8-17(15)24/h3-4,6,8,10-12H,5,7,9,13H2,1-2H3,(H,23,25)/b22-12-. The lowest BCUT2D eigenvalue weighted by atomic mass is 10.0. The van der Waals surface area contributed by atoms with Crippen molar-refractivity contribution in [2.75, 3.05) is 32.2 Å². The van der Waals surface area contributed by atoms with Crippen molar-refractivity contribution in [1.29, 1.82) is 0 Å². The lowest BCUT2D eigenvalue weighted by Crippen LogP contribution is -2.38. The fourth-order valence-electron chi connectivity index (χ4n) is 3.18. The van der Waals surface area contributed by atoms with Crippen molar-refractivity contribution in [2.24, 2.45) is 5.10 Å². The normalized spacial score (nSPS) is 13.4. The first-order chi connectivity index (χ1) is 13.1. The molecule has 0 radical (unpaired) electrons. The molecule has 0 saturated carbocycles. The van der Waals surface area contributed by atoms with Crippen molar-refractivity contribution in [2.45, 2.75) is 12.8 Å². The zero-order valence-electron chi connectivity index (χ0n) is 15.4. The molecular weight excluding hydrogens is 366 g/mol. The maximum atomic E-state index is 12.3. The molecule has 7 heteroatoms. The first-order valence-corrected chi connectivity index (χ1v) is 9.06. The molecule has 2 aromatic carbocycles. The van der Waals surface area contributed by atoms with Gasteiger partial charge in [0.1, 0.15) is 0 Å². The summed E-state index contributed by atoms with van der Waals surface area (Å²) in [4.78, 5) is 14.3. The summed E-state index contributed by atoms with van der Waals surface area (Å²) in [5.41, 5.74) is 5.66. The largest absolute Gasteiger partial charge is 0.493 e. The third-order valence-electron chi connectivity index (χ3n) is 4.40. The SMILES string of the molecule is COc1cc(/C=N\NC(=O)CN2CCCc3ccccc32)cc(Cl)c1OC. The molecule has 27 heavy (non-hydrogen) atoms. The van der Waals surface area contributed by atoms with E-state index in [4.69, 9.17) is 21.1 Å². The van der Waals surface area contributed by atoms with Crippen LogP contribution in [0.1, 0.15) is 17.5 Å². The van der Waals surface area contributed by atoms with E-state index in [2.05, 4.69) is 27.6 Å². The number of fused-ring (bicyclic) bond motifs is 1. The Hall–Kier alpha value is -2.73. The number of carbonyl (C=O) groups is 1. The van der Waals surface area contributed by atoms with E-state index in [1.54, 1.807) is 12.1 Å². The minimum absolute atomic E-state index is 0.172. The van der Waals surface area contributed by atoms with Crippen LogP contribution in [0.15, 0.2) is 41.5 Å². The molecule has 0 aromatic heterocycles. The highest BCUT2D eigenvalue weighted by molar-refractivity contribution is 6.32. The molecule has 1 aliphatic rings. The second kappa shape index (κ2) is 8.77. The smallest absolute Gasteiger partial charge is 0.259 e. The first kappa shape index (κ1) is 19.0. The monoisotopic (exact) mass is 387 g/mol. The summed E-state index contributed by atoms with van der Waals surface area (Å²) in [5.74, 6) is 0.793. The van der Waals surface area contributed by atoms with Crippen molar-refractivity contribution in [1.82, 2.24) is 5.43 Å². The van der Waals surface area contributed by atoms with Crippen LogP contribution in [-0.2, 0) is 11.2 Å². The number of amides is 1. The fraction of sp³-hybridized carbons (Fsp3) is 0.300. The number of rotatable bonds is 6. The van der Waals surface area contributed by atoms with Crippen LogP contribution in [0.3, 0.4) is 0 Å². The van der Waals surface area contributed by atoms with Gasteiger partial charge in [0.05, 0.1) is 32.0 Å². The Balaban J connectivity index is 1.62. The summed E-state index contributed by atoms with van der Waals surface area (Å²) in [6.45, 7) is 1.13. The number of hydrogen-bond donors (Lipinski definition) is 1. The summed E-state index contributed by atoms with van der Waals surface area (Å²) in [5, 5.41) is 4.44. The lowest BCUT2D eigenvalue weighted by molar-refractivity contribution is -0.119. The Bertz CT molecular complexity index is 854. The fourth-order valence-corrected chi connectivity index (χ4v) is 3.47. The highest BCUT2D eigenvalue weighted by Crippen LogP contribution is 2.35. The Morgan fingerprint density at radius 3 is 2.89 bits per heavy atom. The second-order valence-corrected chi connectivity index (χ2v) is 6.59. The Labute approximate surface area is 163 Å². The molecule has 6 nitrogen and oxygen atoms in total. The second-order valence-electron chi connectivity index (χ2n) is 6.19. The molecule has 0 atom stereocenters. The van der Waals surface area contributed by atoms with Gasteiger partial charge in [-0.05, 0) is 42.2 Å². The number of ether oxygens (including phenoxy) is 2. The number of hydrazone groups is 1. The molecule has 1 aliphatic heterocycles. The summed E-state index contributed by atoms with van der Waals surface area (Å²) in [6, 6.07) is 11.6. The van der Waals surface area contributed by atoms with E-state index in [0.29, 0.717) is 22.1 Å².